The molecule has 12 heavy (non-hydrogen) atoms. The van der Waals surface area contributed by atoms with Crippen LogP contribution in [0.5, 0.6) is 0 Å². The molecule has 0 aromatic heterocycles. The van der Waals surface area contributed by atoms with Crippen molar-refractivity contribution in [2.45, 2.75) is 40.0 Å². The first-order valence-electron chi connectivity index (χ1n) is 4.83. The Kier molecular flexibility index (Phi) is 2.76. The Morgan fingerprint density at radius 1 is 1.58 bits per heavy atom. The maximum absolute atomic E-state index is 11.0. The summed E-state index contributed by atoms with van der Waals surface area (Å²) in [6.07, 6.45) is 3.15. The Morgan fingerprint density at radius 3 is 2.67 bits per heavy atom. The first-order chi connectivity index (χ1) is 5.56. The first kappa shape index (κ1) is 9.56. The van der Waals surface area contributed by atoms with Crippen molar-refractivity contribution < 1.29 is 4.79 Å². The summed E-state index contributed by atoms with van der Waals surface area (Å²) in [7, 11) is 0. The van der Waals surface area contributed by atoms with Crippen molar-refractivity contribution in [1.82, 2.24) is 5.32 Å². The minimum absolute atomic E-state index is 0.226. The maximum atomic E-state index is 11.0. The lowest BCUT2D eigenvalue weighted by Gasteiger charge is -2.29. The van der Waals surface area contributed by atoms with Gasteiger partial charge < -0.3 is 5.32 Å². The summed E-state index contributed by atoms with van der Waals surface area (Å²) in [5.41, 5.74) is 0.327. The minimum atomic E-state index is 0.226. The van der Waals surface area contributed by atoms with Crippen molar-refractivity contribution in [3.8, 4) is 0 Å². The van der Waals surface area contributed by atoms with Crippen LogP contribution in [0.25, 0.3) is 0 Å². The number of carbonyl (C=O) groups is 1. The van der Waals surface area contributed by atoms with Gasteiger partial charge in [-0.1, -0.05) is 27.2 Å². The number of nitrogens with one attached hydrogen (secondary N) is 1. The highest BCUT2D eigenvalue weighted by atomic mass is 16.1. The molecule has 0 aromatic carbocycles. The van der Waals surface area contributed by atoms with Gasteiger partial charge in [-0.15, -0.1) is 0 Å². The van der Waals surface area contributed by atoms with Gasteiger partial charge in [-0.05, 0) is 17.8 Å². The smallest absolute Gasteiger partial charge is 0.220 e. The molecule has 1 atom stereocenters. The molecule has 0 bridgehead atoms. The van der Waals surface area contributed by atoms with E-state index < -0.39 is 0 Å². The number of amides is 1. The van der Waals surface area contributed by atoms with E-state index >= 15 is 0 Å². The predicted molar refractivity (Wildman–Crippen MR) is 49.8 cm³/mol. The molecule has 2 nitrogen and oxygen atoms in total. The van der Waals surface area contributed by atoms with Crippen LogP contribution in [0.2, 0.25) is 0 Å². The summed E-state index contributed by atoms with van der Waals surface area (Å²) in [6, 6.07) is 0. The molecule has 1 amide bonds. The Morgan fingerprint density at radius 2 is 2.25 bits per heavy atom. The zero-order chi connectivity index (χ0) is 9.19. The SMILES string of the molecule is CCCC(C)(C)[C@H]1CNC(=O)C1. The van der Waals surface area contributed by atoms with Gasteiger partial charge in [0.05, 0.1) is 0 Å². The molecule has 1 aliphatic heterocycles. The van der Waals surface area contributed by atoms with Crippen LogP contribution in [0.4, 0.5) is 0 Å². The van der Waals surface area contributed by atoms with Crippen molar-refractivity contribution in [2.24, 2.45) is 11.3 Å². The normalized spacial score (nSPS) is 24.2. The minimum Gasteiger partial charge on any atom is -0.356 e. The average Bonchev–Trinajstić information content (AvgIpc) is 2.36. The van der Waals surface area contributed by atoms with Gasteiger partial charge in [0.2, 0.25) is 5.91 Å². The average molecular weight is 169 g/mol. The topological polar surface area (TPSA) is 29.1 Å². The molecule has 70 valence electrons. The lowest BCUT2D eigenvalue weighted by Crippen LogP contribution is -2.25. The zero-order valence-corrected chi connectivity index (χ0v) is 8.31. The van der Waals surface area contributed by atoms with E-state index in [1.807, 2.05) is 0 Å². The number of hydrogen-bond acceptors (Lipinski definition) is 1. The third kappa shape index (κ3) is 1.99. The van der Waals surface area contributed by atoms with Crippen LogP contribution < -0.4 is 5.32 Å². The van der Waals surface area contributed by atoms with Crippen LogP contribution >= 0.6 is 0 Å². The fourth-order valence-electron chi connectivity index (χ4n) is 2.01. The zero-order valence-electron chi connectivity index (χ0n) is 8.31. The van der Waals surface area contributed by atoms with E-state index in [4.69, 9.17) is 0 Å². The quantitative estimate of drug-likeness (QED) is 0.687. The summed E-state index contributed by atoms with van der Waals surface area (Å²) < 4.78 is 0. The summed E-state index contributed by atoms with van der Waals surface area (Å²) in [5, 5.41) is 2.90. The Hall–Kier alpha value is -0.530. The second-order valence-corrected chi connectivity index (χ2v) is 4.44. The van der Waals surface area contributed by atoms with Crippen LogP contribution in [0.3, 0.4) is 0 Å². The lowest BCUT2D eigenvalue weighted by atomic mass is 9.75. The highest BCUT2D eigenvalue weighted by Gasteiger charge is 2.34. The van der Waals surface area contributed by atoms with E-state index in [1.165, 1.54) is 12.8 Å². The van der Waals surface area contributed by atoms with Crippen molar-refractivity contribution in [2.75, 3.05) is 6.54 Å². The standard InChI is InChI=1S/C10H19NO/c1-4-5-10(2,3)8-6-9(12)11-7-8/h8H,4-7H2,1-3H3,(H,11,12)/t8-/m1/s1. The van der Waals surface area contributed by atoms with E-state index in [0.717, 1.165) is 13.0 Å². The molecule has 1 aliphatic rings. The molecule has 1 heterocycles. The van der Waals surface area contributed by atoms with Crippen LogP contribution in [-0.4, -0.2) is 12.5 Å². The predicted octanol–water partition coefficient (Wildman–Crippen LogP) is 1.95. The number of rotatable bonds is 3. The van der Waals surface area contributed by atoms with Crippen LogP contribution in [0, 0.1) is 11.3 Å². The molecule has 1 N–H and O–H groups in total. The molecule has 0 unspecified atom stereocenters. The third-order valence-electron chi connectivity index (χ3n) is 2.98. The lowest BCUT2D eigenvalue weighted by molar-refractivity contribution is -0.119. The fourth-order valence-corrected chi connectivity index (χ4v) is 2.01. The second kappa shape index (κ2) is 3.46. The van der Waals surface area contributed by atoms with Crippen molar-refractivity contribution >= 4 is 5.91 Å². The Labute approximate surface area is 74.7 Å². The fraction of sp³-hybridized carbons (Fsp3) is 0.900. The third-order valence-corrected chi connectivity index (χ3v) is 2.98. The summed E-state index contributed by atoms with van der Waals surface area (Å²) in [4.78, 5) is 11.0. The maximum Gasteiger partial charge on any atom is 0.220 e. The largest absolute Gasteiger partial charge is 0.356 e. The van der Waals surface area contributed by atoms with Gasteiger partial charge in [0.15, 0.2) is 0 Å². The molecule has 0 spiro atoms. The van der Waals surface area contributed by atoms with Crippen LogP contribution in [0.1, 0.15) is 40.0 Å². The van der Waals surface area contributed by atoms with Crippen LogP contribution in [-0.2, 0) is 4.79 Å². The van der Waals surface area contributed by atoms with Crippen molar-refractivity contribution in [1.29, 1.82) is 0 Å². The van der Waals surface area contributed by atoms with E-state index in [0.29, 0.717) is 11.3 Å². The highest BCUT2D eigenvalue weighted by molar-refractivity contribution is 5.78. The van der Waals surface area contributed by atoms with Gasteiger partial charge in [0, 0.05) is 13.0 Å². The summed E-state index contributed by atoms with van der Waals surface area (Å²) in [5.74, 6) is 0.772. The van der Waals surface area contributed by atoms with Gasteiger partial charge in [-0.3, -0.25) is 4.79 Å². The number of hydrogen-bond donors (Lipinski definition) is 1. The van der Waals surface area contributed by atoms with E-state index in [2.05, 4.69) is 26.1 Å². The molecule has 1 fully saturated rings. The van der Waals surface area contributed by atoms with E-state index in [9.17, 15) is 4.79 Å². The molecule has 2 heteroatoms. The monoisotopic (exact) mass is 169 g/mol. The highest BCUT2D eigenvalue weighted by Crippen LogP contribution is 2.35. The molecule has 0 aromatic rings. The molecular formula is C10H19NO. The first-order valence-corrected chi connectivity index (χ1v) is 4.83. The molecule has 0 saturated carbocycles. The summed E-state index contributed by atoms with van der Waals surface area (Å²) in [6.45, 7) is 7.61. The van der Waals surface area contributed by atoms with Gasteiger partial charge in [0.25, 0.3) is 0 Å². The second-order valence-electron chi connectivity index (χ2n) is 4.44. The van der Waals surface area contributed by atoms with Crippen molar-refractivity contribution in [3.63, 3.8) is 0 Å². The molecule has 1 saturated heterocycles. The van der Waals surface area contributed by atoms with Gasteiger partial charge in [0.1, 0.15) is 0 Å². The molecule has 0 radical (unpaired) electrons. The van der Waals surface area contributed by atoms with E-state index in [1.54, 1.807) is 0 Å². The van der Waals surface area contributed by atoms with Crippen LogP contribution in [0.15, 0.2) is 0 Å². The Balaban J connectivity index is 2.51. The van der Waals surface area contributed by atoms with Gasteiger partial charge in [-0.25, -0.2) is 0 Å². The summed E-state index contributed by atoms with van der Waals surface area (Å²) >= 11 is 0. The Bertz CT molecular complexity index is 175. The van der Waals surface area contributed by atoms with Gasteiger partial charge in [-0.2, -0.15) is 0 Å². The molecule has 1 rings (SSSR count). The molecular weight excluding hydrogens is 150 g/mol. The van der Waals surface area contributed by atoms with E-state index in [-0.39, 0.29) is 5.91 Å². The van der Waals surface area contributed by atoms with Gasteiger partial charge >= 0.3 is 0 Å². The molecule has 0 aliphatic carbocycles. The number of carbonyl (C=O) groups excluding carboxylic acids is 1. The van der Waals surface area contributed by atoms with Crippen molar-refractivity contribution in [3.05, 3.63) is 0 Å².